The zero-order chi connectivity index (χ0) is 57.5. The molecule has 0 spiro atoms. The Balaban J connectivity index is 2.73. The molecule has 1 rings (SSSR count). The van der Waals surface area contributed by atoms with Crippen LogP contribution in [0.4, 0.5) is 0 Å². The number of allylic oxidation sites excluding steroid dienone is 17. The molecule has 1 heterocycles. The Morgan fingerprint density at radius 3 is 1.39 bits per heavy atom. The van der Waals surface area contributed by atoms with Gasteiger partial charge in [0.05, 0.1) is 25.4 Å². The van der Waals surface area contributed by atoms with Crippen LogP contribution in [0.1, 0.15) is 245 Å². The van der Waals surface area contributed by atoms with Crippen molar-refractivity contribution in [3.05, 3.63) is 109 Å². The molecule has 452 valence electrons. The topological polar surface area (TPSA) is 175 Å². The molecule has 0 saturated carbocycles. The van der Waals surface area contributed by atoms with E-state index in [0.717, 1.165) is 122 Å². The van der Waals surface area contributed by atoms with Gasteiger partial charge in [-0.2, -0.15) is 0 Å². The summed E-state index contributed by atoms with van der Waals surface area (Å²) < 4.78 is 17.6. The normalized spacial score (nSPS) is 19.6. The lowest BCUT2D eigenvalue weighted by atomic mass is 9.99. The quantitative estimate of drug-likeness (QED) is 0.0195. The average molecular weight is 1110 g/mol. The predicted molar refractivity (Wildman–Crippen MR) is 328 cm³/mol. The maximum absolute atomic E-state index is 13.4. The minimum atomic E-state index is -1.63. The van der Waals surface area contributed by atoms with Crippen molar-refractivity contribution in [1.29, 1.82) is 0 Å². The second-order valence-corrected chi connectivity index (χ2v) is 21.4. The summed E-state index contributed by atoms with van der Waals surface area (Å²) in [6.07, 6.45) is 64.0. The van der Waals surface area contributed by atoms with Crippen LogP contribution in [0.25, 0.3) is 0 Å². The van der Waals surface area contributed by atoms with E-state index in [1.807, 2.05) is 6.08 Å². The molecule has 1 aliphatic rings. The van der Waals surface area contributed by atoms with Crippen molar-refractivity contribution in [2.75, 3.05) is 13.2 Å². The predicted octanol–water partition coefficient (Wildman–Crippen LogP) is 15.3. The average Bonchev–Trinajstić information content (AvgIpc) is 3.49. The molecule has 79 heavy (non-hydrogen) atoms. The minimum absolute atomic E-state index is 0.0991. The first-order chi connectivity index (χ1) is 38.7. The summed E-state index contributed by atoms with van der Waals surface area (Å²) in [4.78, 5) is 26.6. The van der Waals surface area contributed by atoms with E-state index in [4.69, 9.17) is 14.2 Å². The number of carbonyl (C=O) groups excluding carboxylic acids is 2. The molecule has 1 fully saturated rings. The second kappa shape index (κ2) is 54.9. The zero-order valence-corrected chi connectivity index (χ0v) is 50.0. The summed E-state index contributed by atoms with van der Waals surface area (Å²) in [6.45, 7) is 5.62. The number of esters is 1. The fraction of sp³-hybridized carbons (Fsp3) is 0.706. The van der Waals surface area contributed by atoms with Gasteiger partial charge in [0, 0.05) is 6.42 Å². The number of aliphatic hydroxyl groups is 5. The van der Waals surface area contributed by atoms with Crippen LogP contribution >= 0.6 is 0 Å². The van der Waals surface area contributed by atoms with Crippen molar-refractivity contribution in [3.8, 4) is 0 Å². The highest BCUT2D eigenvalue weighted by atomic mass is 16.7. The number of ether oxygens (including phenoxy) is 3. The molecule has 8 atom stereocenters. The molecular weight excluding hydrogens is 991 g/mol. The first-order valence-corrected chi connectivity index (χ1v) is 31.7. The first kappa shape index (κ1) is 73.3. The molecule has 0 aromatic carbocycles. The number of rotatable bonds is 52. The van der Waals surface area contributed by atoms with Gasteiger partial charge in [-0.25, -0.2) is 0 Å². The molecule has 0 aliphatic carbocycles. The van der Waals surface area contributed by atoms with E-state index < -0.39 is 67.4 Å². The third-order valence-electron chi connectivity index (χ3n) is 14.2. The Morgan fingerprint density at radius 2 is 0.911 bits per heavy atom. The van der Waals surface area contributed by atoms with E-state index in [9.17, 15) is 35.1 Å². The minimum Gasteiger partial charge on any atom is -0.454 e. The summed E-state index contributed by atoms with van der Waals surface area (Å²) >= 11 is 0. The largest absolute Gasteiger partial charge is 0.454 e. The molecule has 8 unspecified atom stereocenters. The molecule has 0 radical (unpaired) electrons. The molecule has 1 aliphatic heterocycles. The maximum atomic E-state index is 13.4. The Morgan fingerprint density at radius 1 is 0.506 bits per heavy atom. The third-order valence-corrected chi connectivity index (χ3v) is 14.2. The third kappa shape index (κ3) is 42.8. The van der Waals surface area contributed by atoms with Crippen LogP contribution in [-0.4, -0.2) is 99.6 Å². The Labute approximate surface area is 481 Å². The molecule has 6 N–H and O–H groups in total. The van der Waals surface area contributed by atoms with Gasteiger partial charge in [-0.05, 0) is 109 Å². The Bertz CT molecular complexity index is 1700. The number of hydrogen-bond acceptors (Lipinski definition) is 10. The maximum Gasteiger partial charge on any atom is 0.306 e. The molecule has 1 saturated heterocycles. The number of unbranched alkanes of at least 4 members (excludes halogenated alkanes) is 22. The van der Waals surface area contributed by atoms with E-state index in [2.05, 4.69) is 123 Å². The molecular formula is C68H115NO10. The van der Waals surface area contributed by atoms with E-state index in [1.165, 1.54) is 77.0 Å². The number of aliphatic hydroxyl groups excluding tert-OH is 5. The summed E-state index contributed by atoms with van der Waals surface area (Å²) in [5.41, 5.74) is 0. The van der Waals surface area contributed by atoms with Crippen molar-refractivity contribution in [1.82, 2.24) is 5.32 Å². The molecule has 0 aromatic heterocycles. The van der Waals surface area contributed by atoms with Gasteiger partial charge >= 0.3 is 5.97 Å². The van der Waals surface area contributed by atoms with Crippen molar-refractivity contribution in [2.24, 2.45) is 0 Å². The van der Waals surface area contributed by atoms with Crippen LogP contribution in [0.5, 0.6) is 0 Å². The smallest absolute Gasteiger partial charge is 0.306 e. The summed E-state index contributed by atoms with van der Waals surface area (Å²) in [7, 11) is 0. The first-order valence-electron chi connectivity index (χ1n) is 31.7. The van der Waals surface area contributed by atoms with Crippen LogP contribution in [0.15, 0.2) is 109 Å². The van der Waals surface area contributed by atoms with Gasteiger partial charge in [0.1, 0.15) is 24.4 Å². The van der Waals surface area contributed by atoms with E-state index in [1.54, 1.807) is 6.08 Å². The van der Waals surface area contributed by atoms with Crippen LogP contribution in [0, 0.1) is 0 Å². The van der Waals surface area contributed by atoms with Gasteiger partial charge in [-0.15, -0.1) is 0 Å². The summed E-state index contributed by atoms with van der Waals surface area (Å²) in [5.74, 6) is -1.25. The fourth-order valence-electron chi connectivity index (χ4n) is 9.15. The lowest BCUT2D eigenvalue weighted by Gasteiger charge is -2.41. The molecule has 1 amide bonds. The number of amides is 1. The number of nitrogens with one attached hydrogen (secondary N) is 1. The molecule has 11 heteroatoms. The van der Waals surface area contributed by atoms with Crippen molar-refractivity contribution in [3.63, 3.8) is 0 Å². The van der Waals surface area contributed by atoms with E-state index in [-0.39, 0.29) is 19.4 Å². The standard InChI is InChI=1S/C68H115NO10/c1-4-7-10-13-16-19-22-25-27-29-31-33-35-38-41-44-47-50-53-56-63(73)79-66-65(75)64(74)62(57-70)78-68(66)77-58-59(60(71)54-51-48-45-42-39-36-24-21-18-15-12-9-6-3)69-67(76)61(72)55-52-49-46-43-40-37-34-32-30-28-26-23-20-17-14-11-8-5-2/h8,11,16-17,19-20,25-28,31-34,40,43,51,54,59-62,64-66,68,70-72,74-75H,4-7,9-10,12-15,18,21-24,29-30,35-39,41-42,44-50,52-53,55-58H2,1-3H3,(H,69,76)/b11-8-,19-16-,20-17-,27-25-,28-26-,33-31-,34-32-,43-40-,54-51+. The molecule has 0 bridgehead atoms. The van der Waals surface area contributed by atoms with Gasteiger partial charge < -0.3 is 45.1 Å². The van der Waals surface area contributed by atoms with E-state index in [0.29, 0.717) is 12.8 Å². The van der Waals surface area contributed by atoms with Crippen molar-refractivity contribution < 1.29 is 49.3 Å². The summed E-state index contributed by atoms with van der Waals surface area (Å²) in [6, 6.07) is -1.05. The second-order valence-electron chi connectivity index (χ2n) is 21.4. The van der Waals surface area contributed by atoms with Gasteiger partial charge in [-0.1, -0.05) is 239 Å². The van der Waals surface area contributed by atoms with Gasteiger partial charge in [0.2, 0.25) is 5.91 Å². The van der Waals surface area contributed by atoms with Crippen LogP contribution < -0.4 is 5.32 Å². The lowest BCUT2D eigenvalue weighted by molar-refractivity contribution is -0.305. The number of carbonyl (C=O) groups is 2. The summed E-state index contributed by atoms with van der Waals surface area (Å²) in [5, 5.41) is 57.0. The van der Waals surface area contributed by atoms with Crippen LogP contribution in [-0.2, 0) is 23.8 Å². The molecule has 11 nitrogen and oxygen atoms in total. The van der Waals surface area contributed by atoms with Crippen LogP contribution in [0.3, 0.4) is 0 Å². The molecule has 0 aromatic rings. The fourth-order valence-corrected chi connectivity index (χ4v) is 9.15. The monoisotopic (exact) mass is 1110 g/mol. The van der Waals surface area contributed by atoms with Gasteiger partial charge in [0.25, 0.3) is 0 Å². The number of hydrogen-bond donors (Lipinski definition) is 6. The highest BCUT2D eigenvalue weighted by molar-refractivity contribution is 5.80. The highest BCUT2D eigenvalue weighted by Crippen LogP contribution is 2.26. The van der Waals surface area contributed by atoms with E-state index >= 15 is 0 Å². The lowest BCUT2D eigenvalue weighted by Crippen LogP contribution is -2.61. The SMILES string of the molecule is CC/C=C\C/C=C\C/C=C\C/C=C\C/C=C\CCCCC(O)C(=O)NC(COC1OC(CO)C(O)C(O)C1OC(=O)CCCCCCCC/C=C\C/C=C\C/C=C\CCCCC)C(O)/C=C/CCCCCCCCCCCCC. The zero-order valence-electron chi connectivity index (χ0n) is 50.0. The van der Waals surface area contributed by atoms with Crippen molar-refractivity contribution in [2.45, 2.75) is 294 Å². The van der Waals surface area contributed by atoms with Crippen molar-refractivity contribution >= 4 is 11.9 Å². The Kier molecular flexibility index (Phi) is 50.9. The van der Waals surface area contributed by atoms with Gasteiger partial charge in [-0.3, -0.25) is 9.59 Å². The van der Waals surface area contributed by atoms with Crippen LogP contribution in [0.2, 0.25) is 0 Å². The Hall–Kier alpha value is -3.68. The van der Waals surface area contributed by atoms with Gasteiger partial charge in [0.15, 0.2) is 12.4 Å². The highest BCUT2D eigenvalue weighted by Gasteiger charge is 2.47.